The second-order valence-corrected chi connectivity index (χ2v) is 3.22. The highest BCUT2D eigenvalue weighted by Gasteiger charge is 1.97. The molecular weight excluding hydrogens is 146 g/mol. The summed E-state index contributed by atoms with van der Waals surface area (Å²) in [4.78, 5) is 11.8. The molecule has 0 aromatic heterocycles. The Morgan fingerprint density at radius 1 is 1.70 bits per heavy atom. The van der Waals surface area contributed by atoms with E-state index in [-0.39, 0.29) is 5.91 Å². The summed E-state index contributed by atoms with van der Waals surface area (Å²) in [5, 5.41) is 2.70. The molecule has 58 valence electrons. The van der Waals surface area contributed by atoms with Crippen LogP contribution in [0.25, 0.3) is 0 Å². The molecule has 0 aliphatic carbocycles. The number of nitrogens with one attached hydrogen (secondary N) is 1. The van der Waals surface area contributed by atoms with E-state index in [1.54, 1.807) is 0 Å². The lowest BCUT2D eigenvalue weighted by Crippen LogP contribution is -2.24. The number of carbonyl (C=O) groups excluding carboxylic acids is 1. The zero-order chi connectivity index (χ0) is 7.98. The maximum Gasteiger partial charge on any atom is 0.230 e. The molecule has 0 aliphatic heterocycles. The fourth-order valence-electron chi connectivity index (χ4n) is 0.437. The summed E-state index contributed by atoms with van der Waals surface area (Å²) < 4.78 is 0. The van der Waals surface area contributed by atoms with Gasteiger partial charge in [-0.05, 0) is 18.8 Å². The summed E-state index contributed by atoms with van der Waals surface area (Å²) in [6, 6.07) is 0. The van der Waals surface area contributed by atoms with Crippen molar-refractivity contribution in [3.05, 3.63) is 11.5 Å². The number of amides is 1. The molecule has 0 heterocycles. The fraction of sp³-hybridized carbons (Fsp3) is 0.571. The van der Waals surface area contributed by atoms with Gasteiger partial charge in [-0.1, -0.05) is 6.58 Å². The van der Waals surface area contributed by atoms with Crippen molar-refractivity contribution in [1.29, 1.82) is 0 Å². The topological polar surface area (TPSA) is 29.1 Å². The van der Waals surface area contributed by atoms with Crippen molar-refractivity contribution in [1.82, 2.24) is 5.32 Å². The van der Waals surface area contributed by atoms with Crippen LogP contribution in [0.3, 0.4) is 0 Å². The van der Waals surface area contributed by atoms with Gasteiger partial charge in [-0.15, -0.1) is 11.8 Å². The molecule has 0 bridgehead atoms. The molecule has 0 atom stereocenters. The van der Waals surface area contributed by atoms with E-state index in [0.29, 0.717) is 12.3 Å². The van der Waals surface area contributed by atoms with Crippen molar-refractivity contribution in [3.63, 3.8) is 0 Å². The van der Waals surface area contributed by atoms with Crippen LogP contribution >= 0.6 is 11.8 Å². The van der Waals surface area contributed by atoms with E-state index in [1.807, 2.05) is 13.8 Å². The molecule has 3 heteroatoms. The van der Waals surface area contributed by atoms with Crippen LogP contribution in [0.5, 0.6) is 0 Å². The van der Waals surface area contributed by atoms with Crippen LogP contribution in [0.4, 0.5) is 0 Å². The quantitative estimate of drug-likeness (QED) is 0.671. The zero-order valence-corrected chi connectivity index (χ0v) is 7.25. The molecule has 1 N–H and O–H groups in total. The molecule has 1 amide bonds. The molecule has 0 spiro atoms. The largest absolute Gasteiger partial charge is 0.356 e. The molecule has 0 saturated carbocycles. The number of rotatable bonds is 4. The van der Waals surface area contributed by atoms with Crippen LogP contribution in [-0.4, -0.2) is 18.2 Å². The van der Waals surface area contributed by atoms with Gasteiger partial charge in [0.1, 0.15) is 0 Å². The Kier molecular flexibility index (Phi) is 5.12. The Morgan fingerprint density at radius 2 is 2.30 bits per heavy atom. The monoisotopic (exact) mass is 159 g/mol. The summed E-state index contributed by atoms with van der Waals surface area (Å²) in [6.07, 6.45) is 0. The summed E-state index contributed by atoms with van der Waals surface area (Å²) in [5.41, 5.74) is 0. The molecule has 0 radical (unpaired) electrons. The molecule has 0 aromatic rings. The van der Waals surface area contributed by atoms with E-state index < -0.39 is 0 Å². The van der Waals surface area contributed by atoms with Crippen LogP contribution in [0.15, 0.2) is 11.5 Å². The first kappa shape index (κ1) is 9.56. The fourth-order valence-corrected chi connectivity index (χ4v) is 0.917. The minimum absolute atomic E-state index is 0.0792. The maximum atomic E-state index is 10.8. The number of hydrogen-bond donors (Lipinski definition) is 1. The third-order valence-corrected chi connectivity index (χ3v) is 1.72. The van der Waals surface area contributed by atoms with E-state index >= 15 is 0 Å². The van der Waals surface area contributed by atoms with Crippen molar-refractivity contribution in [2.45, 2.75) is 13.8 Å². The lowest BCUT2D eigenvalue weighted by atomic mass is 10.6. The summed E-state index contributed by atoms with van der Waals surface area (Å²) in [5.74, 6) is 0.568. The van der Waals surface area contributed by atoms with E-state index in [0.717, 1.165) is 4.91 Å². The minimum atomic E-state index is 0.0792. The van der Waals surface area contributed by atoms with Crippen LogP contribution < -0.4 is 5.32 Å². The third-order valence-electron chi connectivity index (χ3n) is 0.824. The second-order valence-electron chi connectivity index (χ2n) is 1.94. The predicted octanol–water partition coefficient (Wildman–Crippen LogP) is 1.39. The molecule has 0 saturated heterocycles. The van der Waals surface area contributed by atoms with Gasteiger partial charge in [-0.25, -0.2) is 0 Å². The third kappa shape index (κ3) is 5.69. The second kappa shape index (κ2) is 5.35. The Bertz CT molecular complexity index is 134. The van der Waals surface area contributed by atoms with Crippen molar-refractivity contribution in [2.75, 3.05) is 12.3 Å². The van der Waals surface area contributed by atoms with Gasteiger partial charge in [0.2, 0.25) is 5.91 Å². The Balaban J connectivity index is 3.30. The van der Waals surface area contributed by atoms with Crippen molar-refractivity contribution in [2.24, 2.45) is 0 Å². The van der Waals surface area contributed by atoms with Crippen molar-refractivity contribution in [3.8, 4) is 0 Å². The van der Waals surface area contributed by atoms with Gasteiger partial charge in [0.05, 0.1) is 5.75 Å². The van der Waals surface area contributed by atoms with Crippen LogP contribution in [0.1, 0.15) is 13.8 Å². The Hall–Kier alpha value is -0.440. The first-order chi connectivity index (χ1) is 4.66. The van der Waals surface area contributed by atoms with E-state index in [1.165, 1.54) is 11.8 Å². The number of thioether (sulfide) groups is 1. The summed E-state index contributed by atoms with van der Waals surface area (Å²) in [6.45, 7) is 8.17. The molecule has 0 fully saturated rings. The van der Waals surface area contributed by atoms with Gasteiger partial charge in [0.25, 0.3) is 0 Å². The molecule has 0 unspecified atom stereocenters. The minimum Gasteiger partial charge on any atom is -0.356 e. The van der Waals surface area contributed by atoms with Gasteiger partial charge < -0.3 is 5.32 Å². The molecular formula is C7H13NOS. The average Bonchev–Trinajstić information content (AvgIpc) is 1.85. The van der Waals surface area contributed by atoms with Crippen LogP contribution in [0.2, 0.25) is 0 Å². The van der Waals surface area contributed by atoms with Crippen LogP contribution in [-0.2, 0) is 4.79 Å². The molecule has 2 nitrogen and oxygen atoms in total. The Morgan fingerprint density at radius 3 is 2.70 bits per heavy atom. The van der Waals surface area contributed by atoms with Gasteiger partial charge in [0.15, 0.2) is 0 Å². The SMILES string of the molecule is C=C(C)SCC(=O)NCC. The van der Waals surface area contributed by atoms with E-state index in [4.69, 9.17) is 0 Å². The van der Waals surface area contributed by atoms with Crippen LogP contribution in [0, 0.1) is 0 Å². The summed E-state index contributed by atoms with van der Waals surface area (Å²) in [7, 11) is 0. The lowest BCUT2D eigenvalue weighted by Gasteiger charge is -1.99. The summed E-state index contributed by atoms with van der Waals surface area (Å²) >= 11 is 1.47. The number of carbonyl (C=O) groups is 1. The Labute approximate surface area is 66.1 Å². The highest BCUT2D eigenvalue weighted by molar-refractivity contribution is 8.03. The maximum absolute atomic E-state index is 10.8. The highest BCUT2D eigenvalue weighted by Crippen LogP contribution is 2.10. The normalized spacial score (nSPS) is 9.00. The first-order valence-corrected chi connectivity index (χ1v) is 4.20. The van der Waals surface area contributed by atoms with E-state index in [9.17, 15) is 4.79 Å². The van der Waals surface area contributed by atoms with Gasteiger partial charge in [-0.3, -0.25) is 4.79 Å². The lowest BCUT2D eigenvalue weighted by molar-refractivity contribution is -0.118. The number of allylic oxidation sites excluding steroid dienone is 1. The average molecular weight is 159 g/mol. The van der Waals surface area contributed by atoms with Crippen molar-refractivity contribution >= 4 is 17.7 Å². The smallest absolute Gasteiger partial charge is 0.230 e. The molecule has 0 rings (SSSR count). The molecule has 10 heavy (non-hydrogen) atoms. The highest BCUT2D eigenvalue weighted by atomic mass is 32.2. The van der Waals surface area contributed by atoms with Gasteiger partial charge >= 0.3 is 0 Å². The first-order valence-electron chi connectivity index (χ1n) is 3.21. The zero-order valence-electron chi connectivity index (χ0n) is 6.44. The van der Waals surface area contributed by atoms with E-state index in [2.05, 4.69) is 11.9 Å². The predicted molar refractivity (Wildman–Crippen MR) is 46.0 cm³/mol. The van der Waals surface area contributed by atoms with Crippen molar-refractivity contribution < 1.29 is 4.79 Å². The van der Waals surface area contributed by atoms with Gasteiger partial charge in [-0.2, -0.15) is 0 Å². The standard InChI is InChI=1S/C7H13NOS/c1-4-8-7(9)5-10-6(2)3/h2,4-5H2,1,3H3,(H,8,9). The van der Waals surface area contributed by atoms with Gasteiger partial charge in [0, 0.05) is 6.54 Å². The molecule has 0 aromatic carbocycles. The number of hydrogen-bond acceptors (Lipinski definition) is 2. The molecule has 0 aliphatic rings.